The summed E-state index contributed by atoms with van der Waals surface area (Å²) in [6.45, 7) is 37.9. The lowest BCUT2D eigenvalue weighted by atomic mass is 9.82. The minimum atomic E-state index is -1.12. The summed E-state index contributed by atoms with van der Waals surface area (Å²) in [5.74, 6) is -2.88. The van der Waals surface area contributed by atoms with E-state index in [2.05, 4.69) is 23.5 Å². The smallest absolute Gasteiger partial charge is 0.407 e. The van der Waals surface area contributed by atoms with Gasteiger partial charge in [0.15, 0.2) is 0 Å². The number of nitrogens with one attached hydrogen (secondary N) is 1. The van der Waals surface area contributed by atoms with Gasteiger partial charge < -0.3 is 19.5 Å². The lowest BCUT2D eigenvalue weighted by molar-refractivity contribution is -0.157. The number of allylic oxidation sites excluding steroid dienone is 6. The molecule has 9 heteroatoms. The topological polar surface area (TPSA) is 120 Å². The molecular formula is C43H76N2O7. The maximum absolute atomic E-state index is 13.2. The number of hydrogen-bond donors (Lipinski definition) is 1. The molecule has 0 aromatic rings. The van der Waals surface area contributed by atoms with Gasteiger partial charge >= 0.3 is 12.1 Å². The summed E-state index contributed by atoms with van der Waals surface area (Å²) in [5, 5.41) is 2.62. The van der Waals surface area contributed by atoms with E-state index in [1.807, 2.05) is 101 Å². The largest absolute Gasteiger partial charge is 0.461 e. The summed E-state index contributed by atoms with van der Waals surface area (Å²) >= 11 is 0. The number of cyclic esters (lactones) is 2. The zero-order chi connectivity index (χ0) is 41.5. The molecule has 0 bridgehead atoms. The predicted molar refractivity (Wildman–Crippen MR) is 220 cm³/mol. The van der Waals surface area contributed by atoms with Gasteiger partial charge in [0.05, 0.1) is 17.9 Å². The average molecular weight is 733 g/mol. The molecular weight excluding hydrogens is 656 g/mol. The summed E-state index contributed by atoms with van der Waals surface area (Å²) in [6.07, 6.45) is 11.7. The SMILES string of the molecule is C=CC1=C(C=C)N=CC(/C=C/CO[C@@]2(C)CCC(=O)C(C)C(=O)OCC(C)(C)OC(=O)NCC(C)C(=O)[C@H](C)C2)=CC1.CC.CC.CC.CC.CC. The van der Waals surface area contributed by atoms with E-state index < -0.39 is 41.0 Å². The highest BCUT2D eigenvalue weighted by Gasteiger charge is 2.35. The molecule has 2 unspecified atom stereocenters. The minimum Gasteiger partial charge on any atom is -0.461 e. The highest BCUT2D eigenvalue weighted by atomic mass is 16.6. The number of carbonyl (C=O) groups is 4. The zero-order valence-corrected chi connectivity index (χ0v) is 35.9. The first kappa shape index (κ1) is 55.2. The molecule has 1 N–H and O–H groups in total. The van der Waals surface area contributed by atoms with Crippen LogP contribution in [0.2, 0.25) is 0 Å². The van der Waals surface area contributed by atoms with Crippen molar-refractivity contribution in [3.05, 3.63) is 60.4 Å². The Morgan fingerprint density at radius 3 is 2.02 bits per heavy atom. The minimum absolute atomic E-state index is 0.0363. The summed E-state index contributed by atoms with van der Waals surface area (Å²) in [7, 11) is 0. The van der Waals surface area contributed by atoms with Gasteiger partial charge in [0.2, 0.25) is 0 Å². The molecule has 300 valence electrons. The number of ketones is 2. The summed E-state index contributed by atoms with van der Waals surface area (Å²) in [6, 6.07) is 0. The van der Waals surface area contributed by atoms with Crippen molar-refractivity contribution in [2.45, 2.75) is 148 Å². The van der Waals surface area contributed by atoms with Crippen LogP contribution in [0.15, 0.2) is 65.4 Å². The van der Waals surface area contributed by atoms with Crippen molar-refractivity contribution in [2.75, 3.05) is 19.8 Å². The average Bonchev–Trinajstić information content (AvgIpc) is 3.38. The third-order valence-electron chi connectivity index (χ3n) is 7.45. The number of alkyl carbamates (subject to hydrolysis) is 1. The number of hydrogen-bond acceptors (Lipinski definition) is 8. The Labute approximate surface area is 318 Å². The van der Waals surface area contributed by atoms with Gasteiger partial charge in [0.25, 0.3) is 0 Å². The molecule has 0 aliphatic carbocycles. The van der Waals surface area contributed by atoms with E-state index >= 15 is 0 Å². The number of Topliss-reactive ketones (excluding diaryl/α,β-unsaturated/α-hetero) is 2. The van der Waals surface area contributed by atoms with E-state index in [1.165, 1.54) is 6.92 Å². The molecule has 1 saturated heterocycles. The fraction of sp³-hybridized carbons (Fsp3) is 0.651. The van der Waals surface area contributed by atoms with Crippen LogP contribution >= 0.6 is 0 Å². The fourth-order valence-electron chi connectivity index (χ4n) is 4.75. The molecule has 52 heavy (non-hydrogen) atoms. The third-order valence-corrected chi connectivity index (χ3v) is 7.45. The monoisotopic (exact) mass is 733 g/mol. The highest BCUT2D eigenvalue weighted by Crippen LogP contribution is 2.29. The van der Waals surface area contributed by atoms with Gasteiger partial charge in [-0.25, -0.2) is 4.79 Å². The summed E-state index contributed by atoms with van der Waals surface area (Å²) in [4.78, 5) is 55.6. The van der Waals surface area contributed by atoms with E-state index in [9.17, 15) is 19.2 Å². The highest BCUT2D eigenvalue weighted by molar-refractivity contribution is 5.98. The number of carbonyl (C=O) groups excluding carboxylic acids is 4. The van der Waals surface area contributed by atoms with Crippen LogP contribution in [0.3, 0.4) is 0 Å². The van der Waals surface area contributed by atoms with E-state index in [-0.39, 0.29) is 37.7 Å². The van der Waals surface area contributed by atoms with Crippen LogP contribution in [0.5, 0.6) is 0 Å². The zero-order valence-electron chi connectivity index (χ0n) is 35.9. The number of esters is 1. The van der Waals surface area contributed by atoms with Crippen molar-refractivity contribution < 1.29 is 33.4 Å². The molecule has 9 nitrogen and oxygen atoms in total. The second-order valence-corrected chi connectivity index (χ2v) is 11.9. The van der Waals surface area contributed by atoms with Crippen molar-refractivity contribution in [3.8, 4) is 0 Å². The number of ether oxygens (including phenoxy) is 3. The Bertz CT molecular complexity index is 1180. The summed E-state index contributed by atoms with van der Waals surface area (Å²) < 4.78 is 17.0. The van der Waals surface area contributed by atoms with Crippen LogP contribution in [0.1, 0.15) is 136 Å². The van der Waals surface area contributed by atoms with E-state index in [1.54, 1.807) is 39.1 Å². The van der Waals surface area contributed by atoms with Crippen LogP contribution in [0.4, 0.5) is 4.79 Å². The lowest BCUT2D eigenvalue weighted by Crippen LogP contribution is -2.41. The molecule has 0 saturated carbocycles. The second-order valence-electron chi connectivity index (χ2n) is 11.9. The van der Waals surface area contributed by atoms with Crippen LogP contribution in [-0.2, 0) is 28.6 Å². The van der Waals surface area contributed by atoms with Gasteiger partial charge in [0, 0.05) is 31.0 Å². The second kappa shape index (κ2) is 32.1. The number of rotatable bonds is 6. The van der Waals surface area contributed by atoms with Gasteiger partial charge in [-0.15, -0.1) is 0 Å². The molecule has 0 spiro atoms. The van der Waals surface area contributed by atoms with Crippen LogP contribution in [-0.4, -0.2) is 60.8 Å². The van der Waals surface area contributed by atoms with Gasteiger partial charge in [-0.1, -0.05) is 121 Å². The predicted octanol–water partition coefficient (Wildman–Crippen LogP) is 10.8. The third kappa shape index (κ3) is 22.4. The van der Waals surface area contributed by atoms with Crippen LogP contribution < -0.4 is 5.32 Å². The van der Waals surface area contributed by atoms with Crippen molar-refractivity contribution in [1.29, 1.82) is 0 Å². The molecule has 4 atom stereocenters. The molecule has 0 aromatic heterocycles. The van der Waals surface area contributed by atoms with E-state index in [0.29, 0.717) is 19.3 Å². The molecule has 0 radical (unpaired) electrons. The van der Waals surface area contributed by atoms with Gasteiger partial charge in [-0.05, 0) is 64.2 Å². The Hall–Kier alpha value is -3.59. The van der Waals surface area contributed by atoms with Crippen LogP contribution in [0, 0.1) is 17.8 Å². The quantitative estimate of drug-likeness (QED) is 0.213. The van der Waals surface area contributed by atoms with E-state index in [0.717, 1.165) is 16.8 Å². The molecule has 1 amide bonds. The Morgan fingerprint density at radius 1 is 0.904 bits per heavy atom. The maximum atomic E-state index is 13.2. The standard InChI is InChI=1S/C33H46N2O7.5C2H6/c1-9-26-14-13-25(20-34-27(26)10-2)12-11-17-41-33(8)16-15-28(36)24(5)30(38)40-21-32(6,7)42-31(39)35-19-23(4)29(37)22(3)18-33;5*1-2/h9-13,20,22-24H,1-2,14-19,21H2,3-8H3,(H,35,39);5*1-2H3/b12-11+;;;;;/t22-,23?,24?,33+;;;;;/m1...../s1. The number of amides is 1. The van der Waals surface area contributed by atoms with Crippen molar-refractivity contribution in [2.24, 2.45) is 22.7 Å². The molecule has 2 rings (SSSR count). The Kier molecular flexibility index (Phi) is 34.0. The molecule has 0 aromatic carbocycles. The van der Waals surface area contributed by atoms with Gasteiger partial charge in [-0.3, -0.25) is 19.4 Å². The van der Waals surface area contributed by atoms with Gasteiger partial charge in [0.1, 0.15) is 29.7 Å². The van der Waals surface area contributed by atoms with Crippen molar-refractivity contribution in [3.63, 3.8) is 0 Å². The van der Waals surface area contributed by atoms with Gasteiger partial charge in [-0.2, -0.15) is 0 Å². The Morgan fingerprint density at radius 2 is 1.48 bits per heavy atom. The van der Waals surface area contributed by atoms with Crippen molar-refractivity contribution in [1.82, 2.24) is 5.32 Å². The first-order valence-corrected chi connectivity index (χ1v) is 19.4. The molecule has 1 fully saturated rings. The summed E-state index contributed by atoms with van der Waals surface area (Å²) in [5.41, 5.74) is 0.722. The normalized spacial score (nSPS) is 23.8. The molecule has 2 aliphatic heterocycles. The first-order chi connectivity index (χ1) is 24.7. The maximum Gasteiger partial charge on any atom is 0.407 e. The van der Waals surface area contributed by atoms with Crippen molar-refractivity contribution >= 4 is 29.8 Å². The Balaban J connectivity index is -0.00000106. The fourth-order valence-corrected chi connectivity index (χ4v) is 4.75. The number of aliphatic imine (C=N–C) groups is 1. The first-order valence-electron chi connectivity index (χ1n) is 19.4. The molecule has 2 aliphatic rings. The van der Waals surface area contributed by atoms with Crippen LogP contribution in [0.25, 0.3) is 0 Å². The lowest BCUT2D eigenvalue weighted by Gasteiger charge is -2.32. The number of nitrogens with zero attached hydrogens (tertiary/aromatic N) is 1. The molecule has 2 heterocycles. The van der Waals surface area contributed by atoms with E-state index in [4.69, 9.17) is 14.2 Å².